The van der Waals surface area contributed by atoms with Crippen LogP contribution in [0, 0.1) is 0 Å². The molecule has 0 spiro atoms. The minimum Gasteiger partial charge on any atom is -0.338 e. The Balaban J connectivity index is 1.73. The lowest BCUT2D eigenvalue weighted by atomic mass is 10.1. The second-order valence-electron chi connectivity index (χ2n) is 5.09. The minimum absolute atomic E-state index is 0.0870. The van der Waals surface area contributed by atoms with Gasteiger partial charge in [-0.15, -0.1) is 0 Å². The maximum absolute atomic E-state index is 11.4. The summed E-state index contributed by atoms with van der Waals surface area (Å²) in [7, 11) is -2.90. The number of piperidine rings is 1. The largest absolute Gasteiger partial charge is 0.338 e. The first-order valence-electron chi connectivity index (χ1n) is 6.41. The van der Waals surface area contributed by atoms with Crippen LogP contribution in [0.1, 0.15) is 49.4 Å². The van der Waals surface area contributed by atoms with E-state index in [0.717, 1.165) is 19.4 Å². The molecule has 2 fully saturated rings. The van der Waals surface area contributed by atoms with E-state index in [9.17, 15) is 8.42 Å². The van der Waals surface area contributed by atoms with E-state index in [4.69, 9.17) is 4.52 Å². The van der Waals surface area contributed by atoms with Crippen LogP contribution >= 0.6 is 0 Å². The summed E-state index contributed by atoms with van der Waals surface area (Å²) in [6.07, 6.45) is 3.95. The number of sulfone groups is 1. The molecule has 1 aromatic heterocycles. The first-order chi connectivity index (χ1) is 8.64. The van der Waals surface area contributed by atoms with Gasteiger partial charge >= 0.3 is 0 Å². The van der Waals surface area contributed by atoms with Crippen molar-refractivity contribution in [2.45, 2.75) is 37.6 Å². The van der Waals surface area contributed by atoms with Gasteiger partial charge in [-0.25, -0.2) is 8.42 Å². The quantitative estimate of drug-likeness (QED) is 0.856. The van der Waals surface area contributed by atoms with E-state index in [0.29, 0.717) is 18.1 Å². The molecular weight excluding hydrogens is 254 g/mol. The average molecular weight is 271 g/mol. The molecule has 1 unspecified atom stereocenters. The molecule has 1 aromatic rings. The third-order valence-corrected chi connectivity index (χ3v) is 5.43. The summed E-state index contributed by atoms with van der Waals surface area (Å²) in [5.41, 5.74) is 0. The van der Waals surface area contributed by atoms with E-state index in [2.05, 4.69) is 15.5 Å². The average Bonchev–Trinajstić information content (AvgIpc) is 2.96. The van der Waals surface area contributed by atoms with Crippen LogP contribution in [0.4, 0.5) is 0 Å². The Hall–Kier alpha value is -0.950. The van der Waals surface area contributed by atoms with Gasteiger partial charge in [-0.05, 0) is 25.8 Å². The second kappa shape index (κ2) is 4.62. The van der Waals surface area contributed by atoms with Crippen LogP contribution in [-0.2, 0) is 9.84 Å². The van der Waals surface area contributed by atoms with Gasteiger partial charge in [0.2, 0.25) is 5.89 Å². The Bertz CT molecular complexity index is 519. The molecule has 0 saturated carbocycles. The van der Waals surface area contributed by atoms with E-state index >= 15 is 0 Å². The number of nitrogens with one attached hydrogen (secondary N) is 1. The van der Waals surface area contributed by atoms with Crippen molar-refractivity contribution in [2.75, 3.05) is 18.1 Å². The van der Waals surface area contributed by atoms with Gasteiger partial charge in [-0.3, -0.25) is 0 Å². The van der Waals surface area contributed by atoms with Crippen LogP contribution in [0.2, 0.25) is 0 Å². The number of hydrogen-bond acceptors (Lipinski definition) is 6. The van der Waals surface area contributed by atoms with Crippen LogP contribution in [-0.4, -0.2) is 36.6 Å². The van der Waals surface area contributed by atoms with Crippen LogP contribution in [0.5, 0.6) is 0 Å². The molecule has 0 aliphatic carbocycles. The highest BCUT2D eigenvalue weighted by atomic mass is 32.2. The van der Waals surface area contributed by atoms with Crippen molar-refractivity contribution in [3.63, 3.8) is 0 Å². The molecule has 2 atom stereocenters. The molecule has 6 nitrogen and oxygen atoms in total. The standard InChI is InChI=1S/C11H17N3O3S/c15-18(16)6-4-8(7-18)10-13-11(17-14-10)9-3-1-2-5-12-9/h8-9,12H,1-7H2/t8?,9-/m0/s1. The van der Waals surface area contributed by atoms with Crippen molar-refractivity contribution >= 4 is 9.84 Å². The summed E-state index contributed by atoms with van der Waals surface area (Å²) in [5.74, 6) is 1.47. The molecular formula is C11H17N3O3S. The SMILES string of the molecule is O=S1(=O)CCC(c2noc([C@@H]3CCCCN3)n2)C1. The lowest BCUT2D eigenvalue weighted by molar-refractivity contribution is 0.295. The fourth-order valence-electron chi connectivity index (χ4n) is 2.62. The van der Waals surface area contributed by atoms with Gasteiger partial charge in [0, 0.05) is 5.92 Å². The van der Waals surface area contributed by atoms with Gasteiger partial charge in [0.25, 0.3) is 0 Å². The molecule has 0 radical (unpaired) electrons. The van der Waals surface area contributed by atoms with Crippen molar-refractivity contribution in [1.82, 2.24) is 15.5 Å². The summed E-state index contributed by atoms with van der Waals surface area (Å²) in [4.78, 5) is 4.38. The van der Waals surface area contributed by atoms with Gasteiger partial charge in [0.05, 0.1) is 17.5 Å². The van der Waals surface area contributed by atoms with Crippen LogP contribution < -0.4 is 5.32 Å². The Kier molecular flexibility index (Phi) is 3.11. The molecule has 0 aromatic carbocycles. The highest BCUT2D eigenvalue weighted by molar-refractivity contribution is 7.91. The molecule has 7 heteroatoms. The molecule has 1 N–H and O–H groups in total. The minimum atomic E-state index is -2.90. The van der Waals surface area contributed by atoms with Crippen molar-refractivity contribution in [2.24, 2.45) is 0 Å². The van der Waals surface area contributed by atoms with E-state index in [-0.39, 0.29) is 23.5 Å². The zero-order chi connectivity index (χ0) is 12.6. The van der Waals surface area contributed by atoms with E-state index < -0.39 is 9.84 Å². The van der Waals surface area contributed by atoms with Gasteiger partial charge in [-0.2, -0.15) is 4.98 Å². The van der Waals surface area contributed by atoms with Crippen LogP contribution in [0.25, 0.3) is 0 Å². The Morgan fingerprint density at radius 1 is 1.28 bits per heavy atom. The van der Waals surface area contributed by atoms with E-state index in [1.54, 1.807) is 0 Å². The fourth-order valence-corrected chi connectivity index (χ4v) is 4.35. The summed E-state index contributed by atoms with van der Waals surface area (Å²) in [6, 6.07) is 0.137. The van der Waals surface area contributed by atoms with Gasteiger partial charge < -0.3 is 9.84 Å². The highest BCUT2D eigenvalue weighted by Gasteiger charge is 2.33. The maximum Gasteiger partial charge on any atom is 0.243 e. The van der Waals surface area contributed by atoms with Gasteiger partial charge in [-0.1, -0.05) is 11.6 Å². The topological polar surface area (TPSA) is 85.1 Å². The predicted octanol–water partition coefficient (Wildman–Crippen LogP) is 0.786. The third-order valence-electron chi connectivity index (χ3n) is 3.66. The smallest absolute Gasteiger partial charge is 0.243 e. The summed E-state index contributed by atoms with van der Waals surface area (Å²) >= 11 is 0. The highest BCUT2D eigenvalue weighted by Crippen LogP contribution is 2.28. The number of aromatic nitrogens is 2. The van der Waals surface area contributed by atoms with Gasteiger partial charge in [0.1, 0.15) is 0 Å². The molecule has 100 valence electrons. The molecule has 2 saturated heterocycles. The Labute approximate surface area is 106 Å². The number of rotatable bonds is 2. The molecule has 3 heterocycles. The van der Waals surface area contributed by atoms with Crippen molar-refractivity contribution in [3.8, 4) is 0 Å². The molecule has 3 rings (SSSR count). The Morgan fingerprint density at radius 3 is 2.83 bits per heavy atom. The first kappa shape index (κ1) is 12.1. The van der Waals surface area contributed by atoms with Gasteiger partial charge in [0.15, 0.2) is 15.7 Å². The predicted molar refractivity (Wildman–Crippen MR) is 64.9 cm³/mol. The van der Waals surface area contributed by atoms with Crippen molar-refractivity contribution < 1.29 is 12.9 Å². The fraction of sp³-hybridized carbons (Fsp3) is 0.818. The number of hydrogen-bond donors (Lipinski definition) is 1. The monoisotopic (exact) mass is 271 g/mol. The lowest BCUT2D eigenvalue weighted by Gasteiger charge is -2.19. The first-order valence-corrected chi connectivity index (χ1v) is 8.23. The molecule has 0 amide bonds. The van der Waals surface area contributed by atoms with Crippen molar-refractivity contribution in [1.29, 1.82) is 0 Å². The third kappa shape index (κ3) is 2.42. The number of nitrogens with zero attached hydrogens (tertiary/aromatic N) is 2. The van der Waals surface area contributed by atoms with E-state index in [1.807, 2.05) is 0 Å². The molecule has 2 aliphatic heterocycles. The second-order valence-corrected chi connectivity index (χ2v) is 7.32. The maximum atomic E-state index is 11.4. The summed E-state index contributed by atoms with van der Waals surface area (Å²) in [5, 5.41) is 7.29. The molecule has 2 aliphatic rings. The summed E-state index contributed by atoms with van der Waals surface area (Å²) in [6.45, 7) is 0.972. The zero-order valence-corrected chi connectivity index (χ0v) is 10.9. The molecule has 18 heavy (non-hydrogen) atoms. The normalized spacial score (nSPS) is 31.6. The van der Waals surface area contributed by atoms with Crippen LogP contribution in [0.15, 0.2) is 4.52 Å². The zero-order valence-electron chi connectivity index (χ0n) is 10.1. The Morgan fingerprint density at radius 2 is 2.17 bits per heavy atom. The van der Waals surface area contributed by atoms with Crippen molar-refractivity contribution in [3.05, 3.63) is 11.7 Å². The lowest BCUT2D eigenvalue weighted by Crippen LogP contribution is -2.27. The molecule has 0 bridgehead atoms. The van der Waals surface area contributed by atoms with Crippen LogP contribution in [0.3, 0.4) is 0 Å². The van der Waals surface area contributed by atoms with E-state index in [1.165, 1.54) is 6.42 Å². The summed E-state index contributed by atoms with van der Waals surface area (Å²) < 4.78 is 28.1.